The Morgan fingerprint density at radius 1 is 1.00 bits per heavy atom. The predicted molar refractivity (Wildman–Crippen MR) is 89.0 cm³/mol. The van der Waals surface area contributed by atoms with E-state index in [0.717, 1.165) is 13.0 Å². The molecule has 0 aliphatic rings. The summed E-state index contributed by atoms with van der Waals surface area (Å²) in [5.74, 6) is 0. The molecule has 4 rings (SSSR count). The van der Waals surface area contributed by atoms with Crippen LogP contribution in [-0.4, -0.2) is 9.55 Å². The molecular weight excluding hydrogens is 276 g/mol. The lowest BCUT2D eigenvalue weighted by molar-refractivity contribution is 0.781. The molecule has 0 amide bonds. The van der Waals surface area contributed by atoms with Gasteiger partial charge < -0.3 is 9.55 Å². The van der Waals surface area contributed by atoms with E-state index in [2.05, 4.69) is 69.5 Å². The Labute approximate surface area is 127 Å². The lowest BCUT2D eigenvalue weighted by Gasteiger charge is -2.10. The van der Waals surface area contributed by atoms with Crippen LogP contribution in [0.1, 0.15) is 17.0 Å². The quantitative estimate of drug-likeness (QED) is 0.564. The van der Waals surface area contributed by atoms with Gasteiger partial charge in [0.25, 0.3) is 0 Å². The van der Waals surface area contributed by atoms with E-state index in [1.165, 1.54) is 27.2 Å². The zero-order valence-electron chi connectivity index (χ0n) is 11.6. The summed E-state index contributed by atoms with van der Waals surface area (Å²) in [6.07, 6.45) is 2.93. The van der Waals surface area contributed by atoms with Crippen LogP contribution in [0.3, 0.4) is 0 Å². The Morgan fingerprint density at radius 3 is 2.71 bits per heavy atom. The van der Waals surface area contributed by atoms with Gasteiger partial charge in [0, 0.05) is 30.6 Å². The molecule has 2 nitrogen and oxygen atoms in total. The number of benzene rings is 1. The Hall–Kier alpha value is -2.26. The molecule has 0 unspecified atom stereocenters. The first kappa shape index (κ1) is 12.5. The summed E-state index contributed by atoms with van der Waals surface area (Å²) in [4.78, 5) is 3.30. The van der Waals surface area contributed by atoms with Crippen LogP contribution < -0.4 is 0 Å². The maximum absolute atomic E-state index is 3.30. The molecule has 21 heavy (non-hydrogen) atoms. The molecule has 0 fully saturated rings. The van der Waals surface area contributed by atoms with Crippen molar-refractivity contribution < 1.29 is 0 Å². The van der Waals surface area contributed by atoms with Gasteiger partial charge in [-0.25, -0.2) is 0 Å². The number of aromatic nitrogens is 2. The van der Waals surface area contributed by atoms with E-state index >= 15 is 0 Å². The van der Waals surface area contributed by atoms with E-state index in [1.807, 2.05) is 17.5 Å². The van der Waals surface area contributed by atoms with Crippen molar-refractivity contribution in [2.75, 3.05) is 0 Å². The maximum Gasteiger partial charge on any atom is 0.0595 e. The summed E-state index contributed by atoms with van der Waals surface area (Å²) in [7, 11) is 0. The van der Waals surface area contributed by atoms with Gasteiger partial charge in [0.15, 0.2) is 0 Å². The van der Waals surface area contributed by atoms with Crippen molar-refractivity contribution in [3.63, 3.8) is 0 Å². The second-order valence-electron chi connectivity index (χ2n) is 5.25. The highest BCUT2D eigenvalue weighted by molar-refractivity contribution is 7.17. The third-order valence-corrected chi connectivity index (χ3v) is 4.68. The Morgan fingerprint density at radius 2 is 1.90 bits per heavy atom. The molecule has 0 bridgehead atoms. The van der Waals surface area contributed by atoms with E-state index < -0.39 is 0 Å². The van der Waals surface area contributed by atoms with Crippen LogP contribution >= 0.6 is 11.3 Å². The first-order valence-corrected chi connectivity index (χ1v) is 8.00. The monoisotopic (exact) mass is 292 g/mol. The highest BCUT2D eigenvalue weighted by Gasteiger charge is 2.11. The molecule has 104 valence electrons. The molecule has 1 aromatic carbocycles. The largest absolute Gasteiger partial charge is 0.365 e. The zero-order valence-corrected chi connectivity index (χ0v) is 12.4. The number of fused-ring (bicyclic) bond motifs is 1. The minimum absolute atomic E-state index is 0.928. The van der Waals surface area contributed by atoms with Crippen molar-refractivity contribution in [1.29, 1.82) is 0 Å². The number of H-pyrrole nitrogens is 1. The van der Waals surface area contributed by atoms with Crippen molar-refractivity contribution in [3.8, 4) is 0 Å². The molecule has 0 radical (unpaired) electrons. The van der Waals surface area contributed by atoms with Gasteiger partial charge in [0.2, 0.25) is 0 Å². The number of aromatic amines is 1. The van der Waals surface area contributed by atoms with Crippen LogP contribution in [-0.2, 0) is 13.0 Å². The van der Waals surface area contributed by atoms with Crippen LogP contribution in [0.15, 0.2) is 66.2 Å². The van der Waals surface area contributed by atoms with Gasteiger partial charge in [0.1, 0.15) is 0 Å². The summed E-state index contributed by atoms with van der Waals surface area (Å²) in [6.45, 7) is 0.928. The molecule has 3 heteroatoms. The van der Waals surface area contributed by atoms with Gasteiger partial charge in [-0.2, -0.15) is 0 Å². The van der Waals surface area contributed by atoms with Gasteiger partial charge in [-0.3, -0.25) is 0 Å². The lowest BCUT2D eigenvalue weighted by Crippen LogP contribution is -2.04. The SMILES string of the molecule is c1ccc(Cn2c(Cc3ccc[nH]3)cc3sccc32)cc1. The third kappa shape index (κ3) is 2.41. The normalized spacial score (nSPS) is 11.2. The molecule has 3 heterocycles. The molecule has 0 saturated heterocycles. The lowest BCUT2D eigenvalue weighted by atomic mass is 10.2. The topological polar surface area (TPSA) is 20.7 Å². The molecule has 3 aromatic heterocycles. The fourth-order valence-corrected chi connectivity index (χ4v) is 3.65. The zero-order chi connectivity index (χ0) is 14.1. The molecule has 1 N–H and O–H groups in total. The van der Waals surface area contributed by atoms with Crippen LogP contribution in [0.4, 0.5) is 0 Å². The fourth-order valence-electron chi connectivity index (χ4n) is 2.80. The predicted octanol–water partition coefficient (Wildman–Crippen LogP) is 4.67. The highest BCUT2D eigenvalue weighted by atomic mass is 32.1. The number of hydrogen-bond acceptors (Lipinski definition) is 1. The molecular formula is C18H16N2S. The first-order valence-electron chi connectivity index (χ1n) is 7.12. The van der Waals surface area contributed by atoms with Crippen molar-refractivity contribution >= 4 is 21.6 Å². The fraction of sp³-hybridized carbons (Fsp3) is 0.111. The van der Waals surface area contributed by atoms with Crippen molar-refractivity contribution in [2.45, 2.75) is 13.0 Å². The molecule has 0 atom stereocenters. The van der Waals surface area contributed by atoms with Crippen molar-refractivity contribution in [1.82, 2.24) is 9.55 Å². The Balaban J connectivity index is 1.75. The van der Waals surface area contributed by atoms with Gasteiger partial charge >= 0.3 is 0 Å². The van der Waals surface area contributed by atoms with Crippen molar-refractivity contribution in [3.05, 3.63) is 83.1 Å². The van der Waals surface area contributed by atoms with E-state index in [0.29, 0.717) is 0 Å². The highest BCUT2D eigenvalue weighted by Crippen LogP contribution is 2.27. The van der Waals surface area contributed by atoms with Crippen LogP contribution in [0.2, 0.25) is 0 Å². The van der Waals surface area contributed by atoms with Gasteiger partial charge in [-0.1, -0.05) is 30.3 Å². The van der Waals surface area contributed by atoms with Crippen LogP contribution in [0, 0.1) is 0 Å². The standard InChI is InChI=1S/C18H16N2S/c1-2-5-14(6-3-1)13-20-16(11-15-7-4-9-19-15)12-18-17(20)8-10-21-18/h1-10,12,19H,11,13H2. The molecule has 0 aliphatic heterocycles. The average molecular weight is 292 g/mol. The van der Waals surface area contributed by atoms with Crippen LogP contribution in [0.5, 0.6) is 0 Å². The minimum atomic E-state index is 0.928. The number of thiophene rings is 1. The number of nitrogens with zero attached hydrogens (tertiary/aromatic N) is 1. The van der Waals surface area contributed by atoms with E-state index in [9.17, 15) is 0 Å². The smallest absolute Gasteiger partial charge is 0.0595 e. The molecule has 4 aromatic rings. The summed E-state index contributed by atoms with van der Waals surface area (Å²) >= 11 is 1.81. The summed E-state index contributed by atoms with van der Waals surface area (Å²) in [5.41, 5.74) is 5.30. The van der Waals surface area contributed by atoms with Crippen molar-refractivity contribution in [2.24, 2.45) is 0 Å². The first-order chi connectivity index (χ1) is 10.4. The van der Waals surface area contributed by atoms with E-state index in [4.69, 9.17) is 0 Å². The molecule has 0 saturated carbocycles. The Bertz CT molecular complexity index is 838. The van der Waals surface area contributed by atoms with E-state index in [1.54, 1.807) is 0 Å². The van der Waals surface area contributed by atoms with Crippen LogP contribution in [0.25, 0.3) is 10.2 Å². The second-order valence-corrected chi connectivity index (χ2v) is 6.20. The van der Waals surface area contributed by atoms with E-state index in [-0.39, 0.29) is 0 Å². The molecule has 0 aliphatic carbocycles. The minimum Gasteiger partial charge on any atom is -0.365 e. The summed E-state index contributed by atoms with van der Waals surface area (Å²) < 4.78 is 3.80. The Kier molecular flexibility index (Phi) is 3.13. The summed E-state index contributed by atoms with van der Waals surface area (Å²) in [5, 5.41) is 2.17. The summed E-state index contributed by atoms with van der Waals surface area (Å²) in [6, 6.07) is 19.4. The van der Waals surface area contributed by atoms with Gasteiger partial charge in [0.05, 0.1) is 10.2 Å². The molecule has 0 spiro atoms. The third-order valence-electron chi connectivity index (χ3n) is 3.83. The van der Waals surface area contributed by atoms with Gasteiger partial charge in [-0.05, 0) is 35.2 Å². The number of hydrogen-bond donors (Lipinski definition) is 1. The second kappa shape index (κ2) is 5.26. The average Bonchev–Trinajstić information content (AvgIpc) is 3.21. The number of rotatable bonds is 4. The number of nitrogens with one attached hydrogen (secondary N) is 1. The van der Waals surface area contributed by atoms with Gasteiger partial charge in [-0.15, -0.1) is 11.3 Å². The maximum atomic E-state index is 3.30.